The average Bonchev–Trinajstić information content (AvgIpc) is 2.63. The van der Waals surface area contributed by atoms with E-state index in [2.05, 4.69) is 46.8 Å². The number of hydrogen-bond donors (Lipinski definition) is 0. The first-order valence-corrected chi connectivity index (χ1v) is 4.92. The fourth-order valence-corrected chi connectivity index (χ4v) is 1.91. The summed E-state index contributed by atoms with van der Waals surface area (Å²) in [6, 6.07) is 4.30. The van der Waals surface area contributed by atoms with Crippen LogP contribution in [0.2, 0.25) is 0 Å². The molecule has 0 aliphatic rings. The van der Waals surface area contributed by atoms with Crippen molar-refractivity contribution in [3.05, 3.63) is 46.4 Å². The van der Waals surface area contributed by atoms with Crippen LogP contribution >= 0.6 is 11.3 Å². The Morgan fingerprint density at radius 2 is 2.33 bits per heavy atom. The zero-order chi connectivity index (χ0) is 8.39. The van der Waals surface area contributed by atoms with Crippen LogP contribution in [0.5, 0.6) is 0 Å². The smallest absolute Gasteiger partial charge is 0.0478 e. The molecule has 62 valence electrons. The first-order valence-electron chi connectivity index (χ1n) is 3.98. The Bertz CT molecular complexity index is 346. The molecule has 0 atom stereocenters. The SMILES string of the molecule is Cc1ccn(Cc2ccsc2)c1. The van der Waals surface area contributed by atoms with Crippen LogP contribution in [0.25, 0.3) is 0 Å². The van der Waals surface area contributed by atoms with Crippen LogP contribution in [0.4, 0.5) is 0 Å². The molecule has 0 aliphatic heterocycles. The Hall–Kier alpha value is -1.02. The molecular formula is C10H11NS. The van der Waals surface area contributed by atoms with Gasteiger partial charge in [0.2, 0.25) is 0 Å². The van der Waals surface area contributed by atoms with E-state index < -0.39 is 0 Å². The fraction of sp³-hybridized carbons (Fsp3) is 0.200. The van der Waals surface area contributed by atoms with Gasteiger partial charge in [-0.1, -0.05) is 0 Å². The highest BCUT2D eigenvalue weighted by molar-refractivity contribution is 7.07. The summed E-state index contributed by atoms with van der Waals surface area (Å²) in [5.41, 5.74) is 2.71. The lowest BCUT2D eigenvalue weighted by atomic mass is 10.3. The topological polar surface area (TPSA) is 4.93 Å². The van der Waals surface area contributed by atoms with E-state index in [9.17, 15) is 0 Å². The Morgan fingerprint density at radius 1 is 1.42 bits per heavy atom. The third kappa shape index (κ3) is 1.59. The number of rotatable bonds is 2. The van der Waals surface area contributed by atoms with Gasteiger partial charge in [-0.25, -0.2) is 0 Å². The van der Waals surface area contributed by atoms with Crippen molar-refractivity contribution in [2.45, 2.75) is 13.5 Å². The maximum atomic E-state index is 2.21. The van der Waals surface area contributed by atoms with Crippen LogP contribution in [0.3, 0.4) is 0 Å². The Balaban J connectivity index is 2.14. The molecular weight excluding hydrogens is 166 g/mol. The fourth-order valence-electron chi connectivity index (χ4n) is 1.25. The Labute approximate surface area is 76.3 Å². The Kier molecular flexibility index (Phi) is 2.00. The summed E-state index contributed by atoms with van der Waals surface area (Å²) in [7, 11) is 0. The van der Waals surface area contributed by atoms with E-state index in [1.807, 2.05) is 0 Å². The van der Waals surface area contributed by atoms with Crippen molar-refractivity contribution in [1.29, 1.82) is 0 Å². The molecule has 1 nitrogen and oxygen atoms in total. The van der Waals surface area contributed by atoms with E-state index >= 15 is 0 Å². The van der Waals surface area contributed by atoms with Crippen molar-refractivity contribution in [3.63, 3.8) is 0 Å². The van der Waals surface area contributed by atoms with Crippen molar-refractivity contribution < 1.29 is 0 Å². The van der Waals surface area contributed by atoms with Gasteiger partial charge in [0.1, 0.15) is 0 Å². The number of aromatic nitrogens is 1. The maximum absolute atomic E-state index is 2.21. The summed E-state index contributed by atoms with van der Waals surface area (Å²) in [6.45, 7) is 3.11. The normalized spacial score (nSPS) is 10.4. The van der Waals surface area contributed by atoms with Gasteiger partial charge in [0, 0.05) is 18.9 Å². The standard InChI is InChI=1S/C10H11NS/c1-9-2-4-11(6-9)7-10-3-5-12-8-10/h2-6,8H,7H2,1H3. The highest BCUT2D eigenvalue weighted by Crippen LogP contribution is 2.09. The van der Waals surface area contributed by atoms with E-state index in [1.165, 1.54) is 11.1 Å². The van der Waals surface area contributed by atoms with Crippen LogP contribution in [0, 0.1) is 6.92 Å². The molecule has 0 N–H and O–H groups in total. The molecule has 0 aliphatic carbocycles. The second-order valence-corrected chi connectivity index (χ2v) is 3.77. The molecule has 0 fully saturated rings. The van der Waals surface area contributed by atoms with Gasteiger partial charge in [0.15, 0.2) is 0 Å². The molecule has 12 heavy (non-hydrogen) atoms. The molecule has 2 heteroatoms. The summed E-state index contributed by atoms with van der Waals surface area (Å²) in [6.07, 6.45) is 4.28. The largest absolute Gasteiger partial charge is 0.350 e. The molecule has 0 bridgehead atoms. The first kappa shape index (κ1) is 7.62. The Morgan fingerprint density at radius 3 is 2.92 bits per heavy atom. The highest BCUT2D eigenvalue weighted by atomic mass is 32.1. The molecule has 0 spiro atoms. The van der Waals surface area contributed by atoms with Gasteiger partial charge in [0.25, 0.3) is 0 Å². The number of aryl methyl sites for hydroxylation is 1. The second kappa shape index (κ2) is 3.15. The predicted octanol–water partition coefficient (Wildman–Crippen LogP) is 2.91. The molecule has 2 rings (SSSR count). The monoisotopic (exact) mass is 177 g/mol. The van der Waals surface area contributed by atoms with Crippen LogP contribution in [0.1, 0.15) is 11.1 Å². The summed E-state index contributed by atoms with van der Waals surface area (Å²) in [5.74, 6) is 0. The molecule has 2 heterocycles. The molecule has 0 unspecified atom stereocenters. The lowest BCUT2D eigenvalue weighted by Gasteiger charge is -1.98. The summed E-state index contributed by atoms with van der Waals surface area (Å²) >= 11 is 1.75. The second-order valence-electron chi connectivity index (χ2n) is 2.99. The molecule has 0 saturated carbocycles. The highest BCUT2D eigenvalue weighted by Gasteiger charge is 1.94. The number of nitrogens with zero attached hydrogens (tertiary/aromatic N) is 1. The van der Waals surface area contributed by atoms with Crippen LogP contribution < -0.4 is 0 Å². The van der Waals surface area contributed by atoms with E-state index in [-0.39, 0.29) is 0 Å². The summed E-state index contributed by atoms with van der Waals surface area (Å²) < 4.78 is 2.21. The van der Waals surface area contributed by atoms with Crippen molar-refractivity contribution >= 4 is 11.3 Å². The van der Waals surface area contributed by atoms with Crippen molar-refractivity contribution in [1.82, 2.24) is 4.57 Å². The van der Waals surface area contributed by atoms with E-state index in [1.54, 1.807) is 11.3 Å². The van der Waals surface area contributed by atoms with Gasteiger partial charge in [0.05, 0.1) is 0 Å². The first-order chi connectivity index (χ1) is 5.84. The van der Waals surface area contributed by atoms with E-state index in [4.69, 9.17) is 0 Å². The zero-order valence-corrected chi connectivity index (χ0v) is 7.84. The van der Waals surface area contributed by atoms with Crippen molar-refractivity contribution in [2.75, 3.05) is 0 Å². The third-order valence-electron chi connectivity index (χ3n) is 1.84. The quantitative estimate of drug-likeness (QED) is 0.664. The van der Waals surface area contributed by atoms with Gasteiger partial charge in [-0.2, -0.15) is 11.3 Å². The zero-order valence-electron chi connectivity index (χ0n) is 7.03. The van der Waals surface area contributed by atoms with E-state index in [0.717, 1.165) is 6.54 Å². The lowest BCUT2D eigenvalue weighted by molar-refractivity contribution is 0.807. The number of hydrogen-bond acceptors (Lipinski definition) is 1. The van der Waals surface area contributed by atoms with E-state index in [0.29, 0.717) is 0 Å². The maximum Gasteiger partial charge on any atom is 0.0478 e. The van der Waals surface area contributed by atoms with Gasteiger partial charge < -0.3 is 4.57 Å². The van der Waals surface area contributed by atoms with Gasteiger partial charge in [-0.3, -0.25) is 0 Å². The minimum Gasteiger partial charge on any atom is -0.350 e. The van der Waals surface area contributed by atoms with Crippen molar-refractivity contribution in [3.8, 4) is 0 Å². The molecule has 0 radical (unpaired) electrons. The minimum absolute atomic E-state index is 0.997. The van der Waals surface area contributed by atoms with Crippen LogP contribution in [-0.4, -0.2) is 4.57 Å². The summed E-state index contributed by atoms with van der Waals surface area (Å²) in [5, 5.41) is 4.31. The van der Waals surface area contributed by atoms with Gasteiger partial charge in [-0.15, -0.1) is 0 Å². The third-order valence-corrected chi connectivity index (χ3v) is 2.58. The summed E-state index contributed by atoms with van der Waals surface area (Å²) in [4.78, 5) is 0. The molecule has 2 aromatic heterocycles. The van der Waals surface area contributed by atoms with Crippen LogP contribution in [0.15, 0.2) is 35.3 Å². The molecule has 2 aromatic rings. The molecule has 0 amide bonds. The van der Waals surface area contributed by atoms with Crippen LogP contribution in [-0.2, 0) is 6.54 Å². The van der Waals surface area contributed by atoms with Gasteiger partial charge in [-0.05, 0) is 40.9 Å². The molecule has 0 saturated heterocycles. The van der Waals surface area contributed by atoms with Crippen molar-refractivity contribution in [2.24, 2.45) is 0 Å². The molecule has 0 aromatic carbocycles. The average molecular weight is 177 g/mol. The predicted molar refractivity (Wildman–Crippen MR) is 52.6 cm³/mol. The minimum atomic E-state index is 0.997. The lowest BCUT2D eigenvalue weighted by Crippen LogP contribution is -1.93. The van der Waals surface area contributed by atoms with Gasteiger partial charge >= 0.3 is 0 Å². The number of thiophene rings is 1.